The van der Waals surface area contributed by atoms with Crippen molar-refractivity contribution in [2.45, 2.75) is 30.7 Å². The van der Waals surface area contributed by atoms with Crippen molar-refractivity contribution in [2.24, 2.45) is 0 Å². The molecule has 37 heavy (non-hydrogen) atoms. The Morgan fingerprint density at radius 3 is 1.41 bits per heavy atom. The van der Waals surface area contributed by atoms with Crippen LogP contribution in [-0.4, -0.2) is 60.2 Å². The van der Waals surface area contributed by atoms with Gasteiger partial charge in [0.1, 0.15) is 6.10 Å². The monoisotopic (exact) mass is 616 g/mol. The van der Waals surface area contributed by atoms with Crippen LogP contribution in [0, 0.1) is 0 Å². The van der Waals surface area contributed by atoms with Crippen LogP contribution in [0.2, 0.25) is 0 Å². The molecule has 192 valence electrons. The molecular formula is C28H25IO8. The lowest BCUT2D eigenvalue weighted by Gasteiger charge is -2.43. The third kappa shape index (κ3) is 6.54. The first-order chi connectivity index (χ1) is 18.0. The fourth-order valence-electron chi connectivity index (χ4n) is 3.89. The van der Waals surface area contributed by atoms with Gasteiger partial charge < -0.3 is 23.7 Å². The van der Waals surface area contributed by atoms with Crippen molar-refractivity contribution in [3.05, 3.63) is 108 Å². The van der Waals surface area contributed by atoms with E-state index in [0.29, 0.717) is 15.6 Å². The summed E-state index contributed by atoms with van der Waals surface area (Å²) in [5.41, 5.74) is 0.893. The lowest BCUT2D eigenvalue weighted by Crippen LogP contribution is -2.62. The van der Waals surface area contributed by atoms with E-state index in [-0.39, 0.29) is 5.56 Å². The van der Waals surface area contributed by atoms with Crippen molar-refractivity contribution < 1.29 is 38.1 Å². The predicted octanol–water partition coefficient (Wildman–Crippen LogP) is 4.47. The minimum Gasteiger partial charge on any atom is -0.452 e. The Morgan fingerprint density at radius 1 is 0.649 bits per heavy atom. The summed E-state index contributed by atoms with van der Waals surface area (Å²) < 4.78 is 29.4. The van der Waals surface area contributed by atoms with Gasteiger partial charge in [-0.25, -0.2) is 14.4 Å². The Hall–Kier alpha value is -3.28. The molecule has 0 radical (unpaired) electrons. The molecule has 3 aromatic carbocycles. The third-order valence-electron chi connectivity index (χ3n) is 5.73. The fourth-order valence-corrected chi connectivity index (χ4v) is 4.60. The lowest BCUT2D eigenvalue weighted by atomic mass is 9.98. The highest BCUT2D eigenvalue weighted by Gasteiger charge is 2.52. The largest absolute Gasteiger partial charge is 0.452 e. The van der Waals surface area contributed by atoms with Crippen LogP contribution in [0.15, 0.2) is 91.0 Å². The van der Waals surface area contributed by atoms with E-state index in [1.165, 1.54) is 7.11 Å². The zero-order chi connectivity index (χ0) is 26.2. The van der Waals surface area contributed by atoms with Gasteiger partial charge in [0, 0.05) is 11.5 Å². The van der Waals surface area contributed by atoms with Crippen molar-refractivity contribution in [2.75, 3.05) is 11.5 Å². The number of benzene rings is 3. The molecule has 0 bridgehead atoms. The second-order valence-corrected chi connectivity index (χ2v) is 9.02. The number of esters is 3. The highest BCUT2D eigenvalue weighted by Crippen LogP contribution is 2.31. The van der Waals surface area contributed by atoms with E-state index >= 15 is 0 Å². The molecule has 9 heteroatoms. The summed E-state index contributed by atoms with van der Waals surface area (Å²) in [6, 6.07) is 25.2. The average Bonchev–Trinajstić information content (AvgIpc) is 2.95. The average molecular weight is 616 g/mol. The maximum Gasteiger partial charge on any atom is 0.338 e. The lowest BCUT2D eigenvalue weighted by molar-refractivity contribution is -0.282. The van der Waals surface area contributed by atoms with Gasteiger partial charge in [0.15, 0.2) is 24.6 Å². The summed E-state index contributed by atoms with van der Waals surface area (Å²) in [5, 5.41) is 0. The van der Waals surface area contributed by atoms with Crippen molar-refractivity contribution >= 4 is 40.5 Å². The van der Waals surface area contributed by atoms with Crippen molar-refractivity contribution in [1.29, 1.82) is 0 Å². The molecule has 0 aromatic heterocycles. The van der Waals surface area contributed by atoms with Crippen LogP contribution in [0.1, 0.15) is 31.1 Å². The van der Waals surface area contributed by atoms with E-state index in [1.807, 2.05) is 0 Å². The number of hydrogen-bond donors (Lipinski definition) is 0. The number of rotatable bonds is 8. The first-order valence-corrected chi connectivity index (χ1v) is 13.1. The van der Waals surface area contributed by atoms with Gasteiger partial charge in [-0.1, -0.05) is 77.2 Å². The Morgan fingerprint density at radius 2 is 1.03 bits per heavy atom. The standard InChI is InChI=1S/C28H25IO8/c1-33-28-24(37-27(32)20-15-9-4-10-16-20)23(36-26(31)19-13-7-3-8-14-19)22(21(17-29)34-28)35-25(30)18-11-5-2-6-12-18/h2-16,21-24,28H,17H2,1H3/t21-,22+,23+,24+,28+/m0/s1. The molecule has 1 aliphatic rings. The molecule has 0 aliphatic carbocycles. The minimum atomic E-state index is -1.22. The molecule has 1 aliphatic heterocycles. The number of carbonyl (C=O) groups excluding carboxylic acids is 3. The molecule has 0 N–H and O–H groups in total. The van der Waals surface area contributed by atoms with Gasteiger partial charge in [-0.3, -0.25) is 0 Å². The summed E-state index contributed by atoms with van der Waals surface area (Å²) in [7, 11) is 1.39. The van der Waals surface area contributed by atoms with Gasteiger partial charge >= 0.3 is 17.9 Å². The smallest absolute Gasteiger partial charge is 0.338 e. The summed E-state index contributed by atoms with van der Waals surface area (Å²) in [4.78, 5) is 39.1. The van der Waals surface area contributed by atoms with E-state index in [0.717, 1.165) is 0 Å². The second kappa shape index (κ2) is 12.8. The summed E-state index contributed by atoms with van der Waals surface area (Å²) in [5.74, 6) is -1.97. The van der Waals surface area contributed by atoms with Crippen LogP contribution >= 0.6 is 22.6 Å². The van der Waals surface area contributed by atoms with Crippen molar-refractivity contribution in [1.82, 2.24) is 0 Å². The zero-order valence-corrected chi connectivity index (χ0v) is 22.1. The highest BCUT2D eigenvalue weighted by atomic mass is 127. The SMILES string of the molecule is CO[C@@H]1O[C@@H](CI)[C@@H](OC(=O)c2ccccc2)[C@@H](OC(=O)c2ccccc2)[C@H]1OC(=O)c1ccccc1. The third-order valence-corrected chi connectivity index (χ3v) is 6.60. The van der Waals surface area contributed by atoms with Crippen LogP contribution in [0.4, 0.5) is 0 Å². The van der Waals surface area contributed by atoms with E-state index in [9.17, 15) is 14.4 Å². The molecule has 0 saturated carbocycles. The molecule has 1 heterocycles. The van der Waals surface area contributed by atoms with Gasteiger partial charge in [-0.2, -0.15) is 0 Å². The van der Waals surface area contributed by atoms with E-state index in [2.05, 4.69) is 22.6 Å². The summed E-state index contributed by atoms with van der Waals surface area (Å²) in [6.07, 6.45) is -5.31. The Labute approximate surface area is 228 Å². The predicted molar refractivity (Wildman–Crippen MR) is 141 cm³/mol. The Kier molecular flexibility index (Phi) is 9.26. The molecule has 3 aromatic rings. The van der Waals surface area contributed by atoms with Gasteiger partial charge in [0.25, 0.3) is 0 Å². The number of carbonyl (C=O) groups is 3. The molecule has 0 unspecified atom stereocenters. The Bertz CT molecular complexity index is 1120. The van der Waals surface area contributed by atoms with Crippen molar-refractivity contribution in [3.63, 3.8) is 0 Å². The molecule has 4 rings (SSSR count). The van der Waals surface area contributed by atoms with E-state index in [4.69, 9.17) is 23.7 Å². The van der Waals surface area contributed by atoms with Crippen LogP contribution in [-0.2, 0) is 23.7 Å². The molecule has 1 fully saturated rings. The second-order valence-electron chi connectivity index (χ2n) is 8.14. The van der Waals surface area contributed by atoms with Gasteiger partial charge in [-0.15, -0.1) is 0 Å². The van der Waals surface area contributed by atoms with Gasteiger partial charge in [0.05, 0.1) is 16.7 Å². The first-order valence-electron chi connectivity index (χ1n) is 11.5. The van der Waals surface area contributed by atoms with E-state index in [1.54, 1.807) is 91.0 Å². The summed E-state index contributed by atoms with van der Waals surface area (Å²) >= 11 is 2.09. The van der Waals surface area contributed by atoms with Crippen LogP contribution in [0.3, 0.4) is 0 Å². The molecule has 0 spiro atoms. The minimum absolute atomic E-state index is 0.287. The topological polar surface area (TPSA) is 97.4 Å². The maximum atomic E-state index is 13.1. The molecule has 8 nitrogen and oxygen atoms in total. The molecular weight excluding hydrogens is 591 g/mol. The highest BCUT2D eigenvalue weighted by molar-refractivity contribution is 14.1. The molecule has 1 saturated heterocycles. The summed E-state index contributed by atoms with van der Waals surface area (Å²) in [6.45, 7) is 0. The molecule has 5 atom stereocenters. The first kappa shape index (κ1) is 26.8. The zero-order valence-electron chi connectivity index (χ0n) is 19.9. The van der Waals surface area contributed by atoms with Crippen molar-refractivity contribution in [3.8, 4) is 0 Å². The number of methoxy groups -OCH3 is 1. The van der Waals surface area contributed by atoms with Gasteiger partial charge in [0.2, 0.25) is 0 Å². The quantitative estimate of drug-likeness (QED) is 0.158. The number of alkyl halides is 1. The maximum absolute atomic E-state index is 13.1. The van der Waals surface area contributed by atoms with E-state index < -0.39 is 48.6 Å². The normalized spacial score (nSPS) is 23.0. The van der Waals surface area contributed by atoms with Crippen LogP contribution in [0.25, 0.3) is 0 Å². The molecule has 0 amide bonds. The number of halogens is 1. The van der Waals surface area contributed by atoms with Crippen LogP contribution in [0.5, 0.6) is 0 Å². The fraction of sp³-hybridized carbons (Fsp3) is 0.250. The number of hydrogen-bond acceptors (Lipinski definition) is 8. The van der Waals surface area contributed by atoms with Gasteiger partial charge in [-0.05, 0) is 36.4 Å². The number of ether oxygens (including phenoxy) is 5. The Balaban J connectivity index is 1.69. The van der Waals surface area contributed by atoms with Crippen LogP contribution < -0.4 is 0 Å².